The minimum Gasteiger partial charge on any atom is -0.454 e. The summed E-state index contributed by atoms with van der Waals surface area (Å²) in [7, 11) is -3.95. The van der Waals surface area contributed by atoms with Gasteiger partial charge in [-0.25, -0.2) is 0 Å². The fourth-order valence-electron chi connectivity index (χ4n) is 2.29. The van der Waals surface area contributed by atoms with Gasteiger partial charge in [-0.05, 0) is 47.7 Å². The Morgan fingerprint density at radius 3 is 2.88 bits per heavy atom. The molecule has 8 nitrogen and oxygen atoms in total. The van der Waals surface area contributed by atoms with Crippen LogP contribution < -0.4 is 14.8 Å². The topological polar surface area (TPSA) is 107 Å². The Hall–Kier alpha value is -2.85. The summed E-state index contributed by atoms with van der Waals surface area (Å²) in [6.45, 7) is 0.160. The van der Waals surface area contributed by atoms with Gasteiger partial charge in [-0.1, -0.05) is 6.07 Å². The highest BCUT2D eigenvalue weighted by molar-refractivity contribution is 8.19. The van der Waals surface area contributed by atoms with Crippen LogP contribution in [0.25, 0.3) is 6.08 Å². The van der Waals surface area contributed by atoms with Crippen molar-refractivity contribution >= 4 is 38.9 Å². The lowest BCUT2D eigenvalue weighted by Gasteiger charge is -1.99. The van der Waals surface area contributed by atoms with Crippen LogP contribution in [-0.2, 0) is 14.8 Å². The van der Waals surface area contributed by atoms with E-state index in [-0.39, 0.29) is 16.9 Å². The Labute approximate surface area is 153 Å². The van der Waals surface area contributed by atoms with E-state index in [1.165, 1.54) is 24.5 Å². The number of aromatic nitrogens is 1. The highest BCUT2D eigenvalue weighted by Gasteiger charge is 2.27. The average molecular weight is 389 g/mol. The smallest absolute Gasteiger partial charge is 0.286 e. The van der Waals surface area contributed by atoms with E-state index >= 15 is 0 Å². The van der Waals surface area contributed by atoms with Crippen molar-refractivity contribution < 1.29 is 22.7 Å². The van der Waals surface area contributed by atoms with Gasteiger partial charge in [-0.3, -0.25) is 15.1 Å². The van der Waals surface area contributed by atoms with Crippen LogP contribution in [0.2, 0.25) is 0 Å². The van der Waals surface area contributed by atoms with E-state index in [4.69, 9.17) is 9.47 Å². The molecule has 0 bridgehead atoms. The summed E-state index contributed by atoms with van der Waals surface area (Å²) in [6.07, 6.45) is 4.29. The van der Waals surface area contributed by atoms with E-state index in [9.17, 15) is 13.2 Å². The summed E-state index contributed by atoms with van der Waals surface area (Å²) in [5.74, 6) is 0.809. The highest BCUT2D eigenvalue weighted by atomic mass is 32.2. The molecule has 0 radical (unpaired) electrons. The Kier molecular flexibility index (Phi) is 4.13. The van der Waals surface area contributed by atoms with Crippen molar-refractivity contribution in [2.75, 3.05) is 6.79 Å². The largest absolute Gasteiger partial charge is 0.454 e. The molecule has 1 aromatic carbocycles. The fourth-order valence-corrected chi connectivity index (χ4v) is 4.24. The van der Waals surface area contributed by atoms with Gasteiger partial charge in [0.2, 0.25) is 6.79 Å². The number of amides is 1. The van der Waals surface area contributed by atoms with Gasteiger partial charge in [0.05, 0.1) is 4.91 Å². The molecule has 1 aromatic heterocycles. The van der Waals surface area contributed by atoms with Gasteiger partial charge in [0, 0.05) is 12.4 Å². The zero-order valence-electron chi connectivity index (χ0n) is 13.1. The molecule has 0 saturated carbocycles. The van der Waals surface area contributed by atoms with E-state index in [0.29, 0.717) is 16.4 Å². The van der Waals surface area contributed by atoms with E-state index in [0.717, 1.165) is 17.3 Å². The third kappa shape index (κ3) is 3.28. The standard InChI is InChI=1S/C16H11N3O5S2/c20-15-14(7-10-3-4-12-13(6-10)24-9-23-12)25-16(18-15)19-26(21,22)11-2-1-5-17-8-11/h1-8H,9H2,(H,18,19,20)/b14-7-. The number of rotatable bonds is 3. The summed E-state index contributed by atoms with van der Waals surface area (Å²) >= 11 is 0.947. The van der Waals surface area contributed by atoms with Crippen molar-refractivity contribution in [3.05, 3.63) is 53.2 Å². The first-order valence-electron chi connectivity index (χ1n) is 7.37. The molecule has 1 saturated heterocycles. The molecule has 0 spiro atoms. The number of carbonyl (C=O) groups excluding carboxylic acids is 1. The number of pyridine rings is 1. The van der Waals surface area contributed by atoms with Crippen molar-refractivity contribution in [2.24, 2.45) is 4.40 Å². The van der Waals surface area contributed by atoms with Crippen LogP contribution in [0.15, 0.2) is 56.9 Å². The van der Waals surface area contributed by atoms with Crippen LogP contribution in [0.5, 0.6) is 11.5 Å². The summed E-state index contributed by atoms with van der Waals surface area (Å²) in [5.41, 5.74) is 0.725. The molecular weight excluding hydrogens is 378 g/mol. The number of benzene rings is 1. The number of carbonyl (C=O) groups is 1. The van der Waals surface area contributed by atoms with Crippen LogP contribution in [-0.4, -0.2) is 31.3 Å². The number of sulfonamides is 1. The SMILES string of the molecule is O=C1N/C(=N\S(=O)(=O)c2cccnc2)S/C1=C\c1ccc2c(c1)OCO2. The molecule has 1 amide bonds. The maximum atomic E-state index is 12.2. The van der Waals surface area contributed by atoms with Crippen LogP contribution in [0, 0.1) is 0 Å². The van der Waals surface area contributed by atoms with Crippen LogP contribution >= 0.6 is 11.8 Å². The number of fused-ring (bicyclic) bond motifs is 1. The number of thioether (sulfide) groups is 1. The van der Waals surface area contributed by atoms with Crippen LogP contribution in [0.3, 0.4) is 0 Å². The molecule has 4 rings (SSSR count). The molecule has 26 heavy (non-hydrogen) atoms. The average Bonchev–Trinajstić information content (AvgIpc) is 3.21. The van der Waals surface area contributed by atoms with Crippen LogP contribution in [0.1, 0.15) is 5.56 Å². The maximum Gasteiger partial charge on any atom is 0.286 e. The van der Waals surface area contributed by atoms with Crippen molar-refractivity contribution in [3.8, 4) is 11.5 Å². The van der Waals surface area contributed by atoms with E-state index in [2.05, 4.69) is 14.7 Å². The second-order valence-corrected chi connectivity index (χ2v) is 7.87. The first kappa shape index (κ1) is 16.6. The maximum absolute atomic E-state index is 12.2. The van der Waals surface area contributed by atoms with Gasteiger partial charge in [0.15, 0.2) is 16.7 Å². The second kappa shape index (κ2) is 6.46. The molecule has 2 aliphatic rings. The van der Waals surface area contributed by atoms with Crippen molar-refractivity contribution in [3.63, 3.8) is 0 Å². The van der Waals surface area contributed by atoms with Crippen molar-refractivity contribution in [1.82, 2.24) is 10.3 Å². The Balaban J connectivity index is 1.59. The molecule has 10 heteroatoms. The molecule has 2 aromatic rings. The molecule has 2 aliphatic heterocycles. The third-order valence-electron chi connectivity index (χ3n) is 3.48. The molecule has 3 heterocycles. The summed E-state index contributed by atoms with van der Waals surface area (Å²) in [6, 6.07) is 8.14. The van der Waals surface area contributed by atoms with Gasteiger partial charge in [0.25, 0.3) is 15.9 Å². The Morgan fingerprint density at radius 2 is 2.08 bits per heavy atom. The number of nitrogens with one attached hydrogen (secondary N) is 1. The normalized spacial score (nSPS) is 19.2. The lowest BCUT2D eigenvalue weighted by molar-refractivity contribution is -0.115. The summed E-state index contributed by atoms with van der Waals surface area (Å²) < 4.78 is 38.7. The number of amidine groups is 1. The number of ether oxygens (including phenoxy) is 2. The van der Waals surface area contributed by atoms with E-state index in [1.54, 1.807) is 24.3 Å². The zero-order chi connectivity index (χ0) is 18.1. The van der Waals surface area contributed by atoms with Gasteiger partial charge >= 0.3 is 0 Å². The first-order chi connectivity index (χ1) is 12.5. The molecule has 0 atom stereocenters. The minimum atomic E-state index is -3.95. The van der Waals surface area contributed by atoms with E-state index < -0.39 is 15.9 Å². The third-order valence-corrected chi connectivity index (χ3v) is 5.77. The van der Waals surface area contributed by atoms with Gasteiger partial charge < -0.3 is 9.47 Å². The molecule has 0 unspecified atom stereocenters. The highest BCUT2D eigenvalue weighted by Crippen LogP contribution is 2.34. The van der Waals surface area contributed by atoms with Crippen LogP contribution in [0.4, 0.5) is 0 Å². The molecule has 1 fully saturated rings. The number of hydrogen-bond acceptors (Lipinski definition) is 7. The Morgan fingerprint density at radius 1 is 1.23 bits per heavy atom. The monoisotopic (exact) mass is 389 g/mol. The second-order valence-electron chi connectivity index (χ2n) is 5.24. The minimum absolute atomic E-state index is 0.00848. The number of hydrogen-bond donors (Lipinski definition) is 1. The van der Waals surface area contributed by atoms with Crippen molar-refractivity contribution in [2.45, 2.75) is 4.90 Å². The predicted molar refractivity (Wildman–Crippen MR) is 95.1 cm³/mol. The quantitative estimate of drug-likeness (QED) is 0.797. The molecule has 0 aliphatic carbocycles. The van der Waals surface area contributed by atoms with E-state index in [1.807, 2.05) is 0 Å². The fraction of sp³-hybridized carbons (Fsp3) is 0.0625. The lowest BCUT2D eigenvalue weighted by Crippen LogP contribution is -2.20. The molecular formula is C16H11N3O5S2. The molecule has 1 N–H and O–H groups in total. The van der Waals surface area contributed by atoms with Gasteiger partial charge in [-0.2, -0.15) is 8.42 Å². The predicted octanol–water partition coefficient (Wildman–Crippen LogP) is 1.76. The van der Waals surface area contributed by atoms with Gasteiger partial charge in [0.1, 0.15) is 4.90 Å². The summed E-state index contributed by atoms with van der Waals surface area (Å²) in [5, 5.41) is 2.44. The van der Waals surface area contributed by atoms with Gasteiger partial charge in [-0.15, -0.1) is 4.40 Å². The lowest BCUT2D eigenvalue weighted by atomic mass is 10.2. The van der Waals surface area contributed by atoms with Crippen molar-refractivity contribution in [1.29, 1.82) is 0 Å². The zero-order valence-corrected chi connectivity index (χ0v) is 14.7. The summed E-state index contributed by atoms with van der Waals surface area (Å²) in [4.78, 5) is 16.1. The first-order valence-corrected chi connectivity index (χ1v) is 9.62. The molecule has 132 valence electrons. The number of nitrogens with zero attached hydrogens (tertiary/aromatic N) is 2. The Bertz CT molecular complexity index is 1050.